The fourth-order valence-electron chi connectivity index (χ4n) is 4.08. The Hall–Kier alpha value is -3.47. The Balaban J connectivity index is 1.80. The molecule has 1 atom stereocenters. The summed E-state index contributed by atoms with van der Waals surface area (Å²) in [5, 5.41) is 12.7. The Bertz CT molecular complexity index is 1120. The van der Waals surface area contributed by atoms with E-state index in [1.54, 1.807) is 39.0 Å². The van der Waals surface area contributed by atoms with Gasteiger partial charge in [-0.1, -0.05) is 42.0 Å². The molecule has 0 saturated heterocycles. The Morgan fingerprint density at radius 1 is 0.875 bits per heavy atom. The Labute approximate surface area is 188 Å². The van der Waals surface area contributed by atoms with E-state index in [1.807, 2.05) is 31.2 Å². The van der Waals surface area contributed by atoms with Crippen molar-refractivity contribution < 1.29 is 19.5 Å². The number of hydrogen-bond acceptors (Lipinski definition) is 4. The van der Waals surface area contributed by atoms with Crippen molar-refractivity contribution in [2.45, 2.75) is 46.5 Å². The van der Waals surface area contributed by atoms with Crippen LogP contribution in [-0.2, 0) is 9.59 Å². The zero-order valence-electron chi connectivity index (χ0n) is 19.0. The molecule has 5 heteroatoms. The largest absolute Gasteiger partial charge is 0.507 e. The molecule has 1 aliphatic carbocycles. The van der Waals surface area contributed by atoms with E-state index in [1.165, 1.54) is 6.07 Å². The lowest BCUT2D eigenvalue weighted by molar-refractivity contribution is -0.116. The molecule has 2 aromatic carbocycles. The van der Waals surface area contributed by atoms with Crippen molar-refractivity contribution in [2.75, 3.05) is 6.54 Å². The third-order valence-corrected chi connectivity index (χ3v) is 6.16. The maximum atomic E-state index is 13.2. The number of para-hydroxylation sites is 1. The Morgan fingerprint density at radius 2 is 1.50 bits per heavy atom. The Morgan fingerprint density at radius 3 is 2.16 bits per heavy atom. The van der Waals surface area contributed by atoms with Gasteiger partial charge in [0.25, 0.3) is 5.91 Å². The lowest BCUT2D eigenvalue weighted by Gasteiger charge is -2.26. The molecule has 2 aromatic rings. The predicted molar refractivity (Wildman–Crippen MR) is 125 cm³/mol. The highest BCUT2D eigenvalue weighted by atomic mass is 16.3. The number of carbonyl (C=O) groups is 3. The summed E-state index contributed by atoms with van der Waals surface area (Å²) >= 11 is 0. The molecule has 0 bridgehead atoms. The molecule has 32 heavy (non-hydrogen) atoms. The highest BCUT2D eigenvalue weighted by molar-refractivity contribution is 6.25. The van der Waals surface area contributed by atoms with Crippen LogP contribution in [0.3, 0.4) is 0 Å². The van der Waals surface area contributed by atoms with Crippen LogP contribution >= 0.6 is 0 Å². The number of Topliss-reactive ketones (excluding diaryl/α,β-unsaturated/α-hetero) is 2. The van der Waals surface area contributed by atoms with E-state index in [2.05, 4.69) is 5.32 Å². The first-order valence-corrected chi connectivity index (χ1v) is 10.8. The van der Waals surface area contributed by atoms with Crippen LogP contribution in [0.1, 0.15) is 61.0 Å². The summed E-state index contributed by atoms with van der Waals surface area (Å²) in [4.78, 5) is 38.3. The lowest BCUT2D eigenvalue weighted by atomic mass is 9.76. The third kappa shape index (κ3) is 4.72. The first kappa shape index (κ1) is 23.2. The molecule has 1 aliphatic rings. The van der Waals surface area contributed by atoms with Crippen molar-refractivity contribution in [2.24, 2.45) is 0 Å². The fraction of sp³-hybridized carbons (Fsp3) is 0.296. The van der Waals surface area contributed by atoms with Crippen molar-refractivity contribution in [1.82, 2.24) is 5.32 Å². The average molecular weight is 432 g/mol. The monoisotopic (exact) mass is 431 g/mol. The van der Waals surface area contributed by atoms with Gasteiger partial charge in [-0.2, -0.15) is 0 Å². The minimum Gasteiger partial charge on any atom is -0.507 e. The fourth-order valence-corrected chi connectivity index (χ4v) is 4.08. The van der Waals surface area contributed by atoms with Crippen LogP contribution in [0.5, 0.6) is 5.75 Å². The number of phenols is 1. The van der Waals surface area contributed by atoms with Crippen LogP contribution in [0.2, 0.25) is 0 Å². The Kier molecular flexibility index (Phi) is 7.08. The molecule has 0 saturated carbocycles. The topological polar surface area (TPSA) is 83.5 Å². The average Bonchev–Trinajstić information content (AvgIpc) is 2.78. The molecule has 0 radical (unpaired) electrons. The first-order valence-electron chi connectivity index (χ1n) is 10.8. The van der Waals surface area contributed by atoms with Gasteiger partial charge in [0.1, 0.15) is 5.75 Å². The van der Waals surface area contributed by atoms with Crippen LogP contribution in [0.15, 0.2) is 70.8 Å². The molecule has 0 heterocycles. The number of hydrogen-bond donors (Lipinski definition) is 2. The van der Waals surface area contributed by atoms with E-state index in [9.17, 15) is 19.5 Å². The molecule has 0 fully saturated rings. The van der Waals surface area contributed by atoms with Crippen molar-refractivity contribution in [3.63, 3.8) is 0 Å². The first-order chi connectivity index (χ1) is 15.2. The quantitative estimate of drug-likeness (QED) is 0.487. The molecule has 0 spiro atoms. The van der Waals surface area contributed by atoms with Crippen molar-refractivity contribution in [3.8, 4) is 5.75 Å². The van der Waals surface area contributed by atoms with Gasteiger partial charge in [-0.05, 0) is 58.2 Å². The molecule has 3 rings (SSSR count). The number of carbonyl (C=O) groups excluding carboxylic acids is 3. The lowest BCUT2D eigenvalue weighted by Crippen LogP contribution is -2.27. The van der Waals surface area contributed by atoms with E-state index in [-0.39, 0.29) is 34.7 Å². The maximum Gasteiger partial charge on any atom is 0.255 e. The zero-order chi connectivity index (χ0) is 23.4. The molecule has 166 valence electrons. The molecule has 2 N–H and O–H groups in total. The van der Waals surface area contributed by atoms with Crippen LogP contribution in [0.4, 0.5) is 0 Å². The molecule has 1 amide bonds. The van der Waals surface area contributed by atoms with Crippen molar-refractivity contribution in [1.29, 1.82) is 0 Å². The summed E-state index contributed by atoms with van der Waals surface area (Å²) in [5.41, 5.74) is 4.38. The third-order valence-electron chi connectivity index (χ3n) is 6.16. The van der Waals surface area contributed by atoms with E-state index in [0.717, 1.165) is 11.1 Å². The number of aryl methyl sites for hydroxylation is 1. The summed E-state index contributed by atoms with van der Waals surface area (Å²) < 4.78 is 0. The van der Waals surface area contributed by atoms with E-state index in [0.29, 0.717) is 41.7 Å². The van der Waals surface area contributed by atoms with E-state index in [4.69, 9.17) is 0 Å². The van der Waals surface area contributed by atoms with Crippen LogP contribution in [0, 0.1) is 6.92 Å². The zero-order valence-corrected chi connectivity index (χ0v) is 19.0. The van der Waals surface area contributed by atoms with Crippen LogP contribution in [0.25, 0.3) is 0 Å². The number of nitrogens with one attached hydrogen (secondary N) is 1. The number of ketones is 2. The minimum atomic E-state index is -0.344. The molecule has 5 nitrogen and oxygen atoms in total. The standard InChI is InChI=1S/C27H29NO4/c1-16-11-13-20(14-12-16)21(24-19(4)25(30)17(2)18(3)26(24)31)9-7-15-28-27(32)22-8-5-6-10-23(22)29/h5-6,8,10-14,21,29H,7,9,15H2,1-4H3,(H,28,32). The van der Waals surface area contributed by atoms with Gasteiger partial charge in [-0.25, -0.2) is 0 Å². The van der Waals surface area contributed by atoms with Gasteiger partial charge in [-0.3, -0.25) is 14.4 Å². The molecule has 1 unspecified atom stereocenters. The molecule has 0 aliphatic heterocycles. The van der Waals surface area contributed by atoms with E-state index >= 15 is 0 Å². The second-order valence-electron chi connectivity index (χ2n) is 8.33. The van der Waals surface area contributed by atoms with Gasteiger partial charge < -0.3 is 10.4 Å². The molecule has 0 aromatic heterocycles. The van der Waals surface area contributed by atoms with Crippen LogP contribution < -0.4 is 5.32 Å². The van der Waals surface area contributed by atoms with Gasteiger partial charge >= 0.3 is 0 Å². The summed E-state index contributed by atoms with van der Waals surface area (Å²) in [6.45, 7) is 7.53. The second-order valence-corrected chi connectivity index (χ2v) is 8.33. The highest BCUT2D eigenvalue weighted by Gasteiger charge is 2.33. The van der Waals surface area contributed by atoms with Gasteiger partial charge in [0.15, 0.2) is 11.6 Å². The second kappa shape index (κ2) is 9.77. The maximum absolute atomic E-state index is 13.2. The minimum absolute atomic E-state index is 0.0627. The smallest absolute Gasteiger partial charge is 0.255 e. The van der Waals surface area contributed by atoms with Crippen LogP contribution in [-0.4, -0.2) is 29.1 Å². The predicted octanol–water partition coefficient (Wildman–Crippen LogP) is 4.80. The number of allylic oxidation sites excluding steroid dienone is 4. The summed E-state index contributed by atoms with van der Waals surface area (Å²) in [6, 6.07) is 14.4. The molecular weight excluding hydrogens is 402 g/mol. The summed E-state index contributed by atoms with van der Waals surface area (Å²) in [6.07, 6.45) is 1.21. The number of benzene rings is 2. The van der Waals surface area contributed by atoms with Gasteiger partial charge in [-0.15, -0.1) is 0 Å². The number of amides is 1. The van der Waals surface area contributed by atoms with Crippen molar-refractivity contribution >= 4 is 17.5 Å². The van der Waals surface area contributed by atoms with E-state index < -0.39 is 0 Å². The van der Waals surface area contributed by atoms with Gasteiger partial charge in [0.05, 0.1) is 5.56 Å². The number of phenolic OH excluding ortho intramolecular Hbond substituents is 1. The normalized spacial score (nSPS) is 15.2. The summed E-state index contributed by atoms with van der Waals surface area (Å²) in [5.74, 6) is -0.807. The number of rotatable bonds is 7. The molecular formula is C27H29NO4. The highest BCUT2D eigenvalue weighted by Crippen LogP contribution is 2.37. The number of aromatic hydroxyl groups is 1. The van der Waals surface area contributed by atoms with Gasteiger partial charge in [0.2, 0.25) is 0 Å². The summed E-state index contributed by atoms with van der Waals surface area (Å²) in [7, 11) is 0. The van der Waals surface area contributed by atoms with Crippen molar-refractivity contribution in [3.05, 3.63) is 87.5 Å². The SMILES string of the molecule is CC1=C(C)C(=O)C(C(CCCNC(=O)c2ccccc2O)c2ccc(C)cc2)=C(C)C1=O. The van der Waals surface area contributed by atoms with Gasteiger partial charge in [0, 0.05) is 34.8 Å².